The van der Waals surface area contributed by atoms with Crippen molar-refractivity contribution in [3.05, 3.63) is 18.2 Å². The Hall–Kier alpha value is -2.63. The minimum absolute atomic E-state index is 0.0543. The van der Waals surface area contributed by atoms with Gasteiger partial charge in [0.25, 0.3) is 0 Å². The number of hydrogen-bond acceptors (Lipinski definition) is 9. The summed E-state index contributed by atoms with van der Waals surface area (Å²) in [6, 6.07) is 5.41. The Morgan fingerprint density at radius 1 is 1.41 bits per heavy atom. The van der Waals surface area contributed by atoms with Crippen molar-refractivity contribution in [3.63, 3.8) is 0 Å². The average Bonchev–Trinajstić information content (AvgIpc) is 2.98. The number of carboxylic acid groups (broad SMARTS) is 1. The van der Waals surface area contributed by atoms with Crippen molar-refractivity contribution in [3.8, 4) is 5.75 Å². The molecule has 0 bridgehead atoms. The summed E-state index contributed by atoms with van der Waals surface area (Å²) in [6.07, 6.45) is -1.96. The summed E-state index contributed by atoms with van der Waals surface area (Å²) < 4.78 is 11.8. The third-order valence-electron chi connectivity index (χ3n) is 4.07. The molecule has 1 aliphatic heterocycles. The van der Waals surface area contributed by atoms with Crippen LogP contribution in [0.3, 0.4) is 0 Å². The molecule has 29 heavy (non-hydrogen) atoms. The summed E-state index contributed by atoms with van der Waals surface area (Å²) in [7, 11) is 0. The Morgan fingerprint density at radius 3 is 2.76 bits per heavy atom. The number of likely N-dealkylation sites (tertiary alicyclic amines) is 1. The van der Waals surface area contributed by atoms with Crippen LogP contribution in [0.25, 0.3) is 10.2 Å². The van der Waals surface area contributed by atoms with Crippen LogP contribution in [0.1, 0.15) is 20.8 Å². The number of esters is 1. The van der Waals surface area contributed by atoms with E-state index in [4.69, 9.17) is 25.3 Å². The van der Waals surface area contributed by atoms with E-state index < -0.39 is 23.8 Å². The first-order valence-electron chi connectivity index (χ1n) is 9.01. The molecule has 10 nitrogen and oxygen atoms in total. The normalized spacial score (nSPS) is 15.7. The molecule has 1 saturated heterocycles. The number of carbonyl (C=O) groups excluding carboxylic acids is 1. The van der Waals surface area contributed by atoms with Crippen molar-refractivity contribution in [2.24, 2.45) is 5.90 Å². The molecule has 0 saturated carbocycles. The molecule has 0 aliphatic carbocycles. The number of rotatable bonds is 7. The molecule has 2 heterocycles. The van der Waals surface area contributed by atoms with Gasteiger partial charge in [0.2, 0.25) is 6.10 Å². The number of nitrogens with one attached hydrogen (secondary N) is 1. The van der Waals surface area contributed by atoms with Gasteiger partial charge in [-0.3, -0.25) is 4.84 Å². The number of ether oxygens (including phenoxy) is 2. The highest BCUT2D eigenvalue weighted by Crippen LogP contribution is 2.30. The number of nitrogens with two attached hydrogens (primary N) is 1. The molecule has 1 fully saturated rings. The van der Waals surface area contributed by atoms with Gasteiger partial charge in [-0.15, -0.1) is 0 Å². The molecule has 0 spiro atoms. The fourth-order valence-electron chi connectivity index (χ4n) is 2.66. The van der Waals surface area contributed by atoms with Gasteiger partial charge in [-0.2, -0.15) is 0 Å². The number of nitrogens with zero attached hydrogens (tertiary/aromatic N) is 2. The predicted molar refractivity (Wildman–Crippen MR) is 107 cm³/mol. The summed E-state index contributed by atoms with van der Waals surface area (Å²) in [5.74, 6) is 5.15. The van der Waals surface area contributed by atoms with Crippen LogP contribution >= 0.6 is 11.3 Å². The van der Waals surface area contributed by atoms with Gasteiger partial charge in [0.05, 0.1) is 16.3 Å². The first-order valence-corrected chi connectivity index (χ1v) is 9.82. The van der Waals surface area contributed by atoms with E-state index in [1.54, 1.807) is 26.8 Å². The third-order valence-corrected chi connectivity index (χ3v) is 5.02. The molecule has 0 radical (unpaired) electrons. The Bertz CT molecular complexity index is 890. The molecule has 1 amide bonds. The maximum atomic E-state index is 12.1. The lowest BCUT2D eigenvalue weighted by Crippen LogP contribution is -2.56. The molecule has 3 rings (SSSR count). The number of aromatic nitrogens is 1. The van der Waals surface area contributed by atoms with Crippen LogP contribution in [0.15, 0.2) is 18.2 Å². The number of benzene rings is 1. The van der Waals surface area contributed by atoms with Gasteiger partial charge in [0.15, 0.2) is 5.13 Å². The fourth-order valence-corrected chi connectivity index (χ4v) is 3.63. The standard InChI is InChI=1S/C18H24N4O6S/c1-18(2,3)27-15(23)13(28-19)9-26-11-4-5-12-14(6-11)29-16(21-12)20-10-7-22(8-10)17(24)25/h4-6,10,13H,7-9,19H2,1-3H3,(H,20,21)(H,24,25). The summed E-state index contributed by atoms with van der Waals surface area (Å²) in [5, 5.41) is 12.8. The van der Waals surface area contributed by atoms with Gasteiger partial charge in [-0.25, -0.2) is 20.5 Å². The lowest BCUT2D eigenvalue weighted by molar-refractivity contribution is -0.170. The van der Waals surface area contributed by atoms with Gasteiger partial charge in [0, 0.05) is 13.1 Å². The lowest BCUT2D eigenvalue weighted by atomic mass is 10.1. The van der Waals surface area contributed by atoms with Crippen molar-refractivity contribution in [2.75, 3.05) is 25.0 Å². The molecule has 4 N–H and O–H groups in total. The smallest absolute Gasteiger partial charge is 0.407 e. The lowest BCUT2D eigenvalue weighted by Gasteiger charge is -2.37. The first-order chi connectivity index (χ1) is 13.6. The molecule has 1 atom stereocenters. The van der Waals surface area contributed by atoms with Crippen LogP contribution in [0.4, 0.5) is 9.93 Å². The van der Waals surface area contributed by atoms with Gasteiger partial charge in [0.1, 0.15) is 18.0 Å². The Kier molecular flexibility index (Phi) is 6.10. The monoisotopic (exact) mass is 424 g/mol. The zero-order valence-electron chi connectivity index (χ0n) is 16.4. The van der Waals surface area contributed by atoms with Gasteiger partial charge in [-0.05, 0) is 39.0 Å². The van der Waals surface area contributed by atoms with Crippen molar-refractivity contribution >= 4 is 38.7 Å². The summed E-state index contributed by atoms with van der Waals surface area (Å²) in [5.41, 5.74) is 0.138. The Balaban J connectivity index is 1.58. The van der Waals surface area contributed by atoms with Gasteiger partial charge < -0.3 is 24.8 Å². The zero-order valence-corrected chi connectivity index (χ0v) is 17.2. The number of anilines is 1. The van der Waals surface area contributed by atoms with Crippen LogP contribution in [0.5, 0.6) is 5.75 Å². The van der Waals surface area contributed by atoms with Crippen molar-refractivity contribution in [2.45, 2.75) is 38.5 Å². The summed E-state index contributed by atoms with van der Waals surface area (Å²) in [6.45, 7) is 6.05. The number of thiazole rings is 1. The van der Waals surface area contributed by atoms with E-state index in [0.29, 0.717) is 24.0 Å². The van der Waals surface area contributed by atoms with E-state index in [2.05, 4.69) is 10.3 Å². The summed E-state index contributed by atoms with van der Waals surface area (Å²) >= 11 is 1.44. The molecule has 2 aromatic rings. The maximum absolute atomic E-state index is 12.1. The van der Waals surface area contributed by atoms with Crippen molar-refractivity contribution in [1.82, 2.24) is 9.88 Å². The fraction of sp³-hybridized carbons (Fsp3) is 0.500. The number of hydrogen-bond donors (Lipinski definition) is 3. The molecule has 11 heteroatoms. The van der Waals surface area contributed by atoms with Crippen molar-refractivity contribution in [1.29, 1.82) is 0 Å². The second-order valence-electron chi connectivity index (χ2n) is 7.65. The highest BCUT2D eigenvalue weighted by Gasteiger charge is 2.31. The highest BCUT2D eigenvalue weighted by atomic mass is 32.1. The molecule has 1 aromatic carbocycles. The van der Waals surface area contributed by atoms with E-state index in [9.17, 15) is 9.59 Å². The number of amides is 1. The minimum Gasteiger partial charge on any atom is -0.490 e. The average molecular weight is 424 g/mol. The van der Waals surface area contributed by atoms with Crippen LogP contribution in [-0.4, -0.2) is 64.5 Å². The van der Waals surface area contributed by atoms with Crippen LogP contribution in [0, 0.1) is 0 Å². The Morgan fingerprint density at radius 2 is 2.14 bits per heavy atom. The van der Waals surface area contributed by atoms with Crippen molar-refractivity contribution < 1.29 is 29.0 Å². The quantitative estimate of drug-likeness (QED) is 0.450. The van der Waals surface area contributed by atoms with Crippen LogP contribution in [0.2, 0.25) is 0 Å². The van der Waals surface area contributed by atoms with E-state index in [0.717, 1.165) is 10.2 Å². The first kappa shape index (κ1) is 21.1. The summed E-state index contributed by atoms with van der Waals surface area (Å²) in [4.78, 5) is 33.4. The van der Waals surface area contributed by atoms with Crippen LogP contribution < -0.4 is 16.0 Å². The molecular formula is C18H24N4O6S. The zero-order chi connectivity index (χ0) is 21.2. The topological polar surface area (TPSA) is 136 Å². The molecule has 1 unspecified atom stereocenters. The van der Waals surface area contributed by atoms with E-state index in [1.807, 2.05) is 12.1 Å². The molecule has 158 valence electrons. The van der Waals surface area contributed by atoms with Gasteiger partial charge in [-0.1, -0.05) is 11.3 Å². The second kappa shape index (κ2) is 8.39. The molecule has 1 aliphatic rings. The largest absolute Gasteiger partial charge is 0.490 e. The maximum Gasteiger partial charge on any atom is 0.407 e. The van der Waals surface area contributed by atoms with Gasteiger partial charge >= 0.3 is 12.1 Å². The molecular weight excluding hydrogens is 400 g/mol. The highest BCUT2D eigenvalue weighted by molar-refractivity contribution is 7.22. The third kappa shape index (κ3) is 5.46. The second-order valence-corrected chi connectivity index (χ2v) is 8.68. The number of fused-ring (bicyclic) bond motifs is 1. The van der Waals surface area contributed by atoms with E-state index in [1.165, 1.54) is 16.2 Å². The van der Waals surface area contributed by atoms with Crippen LogP contribution in [-0.2, 0) is 14.4 Å². The number of carbonyl (C=O) groups is 2. The molecule has 1 aromatic heterocycles. The predicted octanol–water partition coefficient (Wildman–Crippen LogP) is 2.05. The van der Waals surface area contributed by atoms with E-state index >= 15 is 0 Å². The minimum atomic E-state index is -1.04. The van der Waals surface area contributed by atoms with E-state index in [-0.39, 0.29) is 12.6 Å². The Labute approximate surface area is 171 Å². The SMILES string of the molecule is CC(C)(C)OC(=O)C(COc1ccc2nc(NC3CN(C(=O)O)C3)sc2c1)ON.